The van der Waals surface area contributed by atoms with E-state index in [2.05, 4.69) is 10.4 Å². The summed E-state index contributed by atoms with van der Waals surface area (Å²) in [6.45, 7) is 5.12. The Morgan fingerprint density at radius 1 is 1.54 bits per heavy atom. The molecular formula is C9H14N4. The highest BCUT2D eigenvalue weighted by atomic mass is 15.3. The van der Waals surface area contributed by atoms with Gasteiger partial charge >= 0.3 is 0 Å². The highest BCUT2D eigenvalue weighted by Crippen LogP contribution is 2.10. The fraction of sp³-hybridized carbons (Fsp3) is 0.556. The van der Waals surface area contributed by atoms with Crippen molar-refractivity contribution in [2.75, 3.05) is 6.54 Å². The number of aromatic nitrogens is 2. The van der Waals surface area contributed by atoms with Crippen LogP contribution >= 0.6 is 0 Å². The van der Waals surface area contributed by atoms with Crippen LogP contribution in [0.3, 0.4) is 0 Å². The summed E-state index contributed by atoms with van der Waals surface area (Å²) in [7, 11) is 1.93. The normalized spacial score (nSPS) is 10.0. The summed E-state index contributed by atoms with van der Waals surface area (Å²) in [6, 6.07) is 2.05. The van der Waals surface area contributed by atoms with Crippen LogP contribution in [0.5, 0.6) is 0 Å². The average molecular weight is 178 g/mol. The van der Waals surface area contributed by atoms with Crippen LogP contribution in [-0.4, -0.2) is 16.3 Å². The third kappa shape index (κ3) is 2.07. The Bertz CT molecular complexity index is 332. The van der Waals surface area contributed by atoms with Gasteiger partial charge in [-0.1, -0.05) is 0 Å². The summed E-state index contributed by atoms with van der Waals surface area (Å²) < 4.78 is 1.86. The first-order valence-electron chi connectivity index (χ1n) is 4.23. The molecule has 0 amide bonds. The van der Waals surface area contributed by atoms with E-state index in [1.807, 2.05) is 31.6 Å². The van der Waals surface area contributed by atoms with Crippen LogP contribution < -0.4 is 5.32 Å². The van der Waals surface area contributed by atoms with E-state index in [4.69, 9.17) is 5.26 Å². The molecule has 0 fully saturated rings. The van der Waals surface area contributed by atoms with E-state index in [0.717, 1.165) is 17.9 Å². The molecule has 0 bridgehead atoms. The van der Waals surface area contributed by atoms with Gasteiger partial charge < -0.3 is 5.32 Å². The third-order valence-corrected chi connectivity index (χ3v) is 2.16. The van der Waals surface area contributed by atoms with Gasteiger partial charge in [-0.25, -0.2) is 0 Å². The molecule has 0 aromatic carbocycles. The molecule has 0 spiro atoms. The topological polar surface area (TPSA) is 53.6 Å². The smallest absolute Gasteiger partial charge is 0.0843 e. The van der Waals surface area contributed by atoms with Crippen molar-refractivity contribution in [1.82, 2.24) is 15.1 Å². The molecule has 0 unspecified atom stereocenters. The number of rotatable bonds is 3. The maximum Gasteiger partial charge on any atom is 0.0843 e. The second-order valence-electron chi connectivity index (χ2n) is 3.03. The monoisotopic (exact) mass is 178 g/mol. The molecule has 1 aromatic heterocycles. The van der Waals surface area contributed by atoms with Gasteiger partial charge in [-0.2, -0.15) is 10.4 Å². The molecule has 1 N–H and O–H groups in total. The first-order chi connectivity index (χ1) is 6.16. The fourth-order valence-electron chi connectivity index (χ4n) is 1.32. The van der Waals surface area contributed by atoms with E-state index in [0.29, 0.717) is 6.54 Å². The van der Waals surface area contributed by atoms with Crippen molar-refractivity contribution < 1.29 is 0 Å². The van der Waals surface area contributed by atoms with Crippen molar-refractivity contribution in [3.63, 3.8) is 0 Å². The van der Waals surface area contributed by atoms with E-state index in [-0.39, 0.29) is 0 Å². The minimum atomic E-state index is 0.383. The summed E-state index contributed by atoms with van der Waals surface area (Å²) in [5, 5.41) is 15.7. The molecule has 1 rings (SSSR count). The van der Waals surface area contributed by atoms with Crippen LogP contribution in [0, 0.1) is 25.2 Å². The van der Waals surface area contributed by atoms with Gasteiger partial charge in [0.15, 0.2) is 0 Å². The molecule has 0 atom stereocenters. The summed E-state index contributed by atoms with van der Waals surface area (Å²) in [5.74, 6) is 0. The van der Waals surface area contributed by atoms with Crippen molar-refractivity contribution >= 4 is 0 Å². The SMILES string of the molecule is Cc1nn(C)c(C)c1CNCC#N. The van der Waals surface area contributed by atoms with Gasteiger partial charge in [0, 0.05) is 24.8 Å². The van der Waals surface area contributed by atoms with Crippen molar-refractivity contribution in [2.24, 2.45) is 7.05 Å². The molecule has 0 radical (unpaired) electrons. The molecule has 0 aliphatic carbocycles. The van der Waals surface area contributed by atoms with Crippen LogP contribution in [0.15, 0.2) is 0 Å². The van der Waals surface area contributed by atoms with Crippen LogP contribution in [0.25, 0.3) is 0 Å². The average Bonchev–Trinajstić information content (AvgIpc) is 2.32. The molecule has 0 aliphatic rings. The number of nitrogens with one attached hydrogen (secondary N) is 1. The van der Waals surface area contributed by atoms with E-state index in [1.165, 1.54) is 5.56 Å². The lowest BCUT2D eigenvalue weighted by molar-refractivity contribution is 0.724. The maximum atomic E-state index is 8.35. The van der Waals surface area contributed by atoms with Crippen LogP contribution in [-0.2, 0) is 13.6 Å². The summed E-state index contributed by atoms with van der Waals surface area (Å²) in [4.78, 5) is 0. The van der Waals surface area contributed by atoms with Gasteiger partial charge in [-0.15, -0.1) is 0 Å². The Kier molecular flexibility index (Phi) is 3.04. The summed E-state index contributed by atoms with van der Waals surface area (Å²) in [6.07, 6.45) is 0. The van der Waals surface area contributed by atoms with E-state index in [1.54, 1.807) is 0 Å². The minimum absolute atomic E-state index is 0.383. The lowest BCUT2D eigenvalue weighted by Gasteiger charge is -2.00. The minimum Gasteiger partial charge on any atom is -0.300 e. The molecular weight excluding hydrogens is 164 g/mol. The van der Waals surface area contributed by atoms with Crippen molar-refractivity contribution in [3.05, 3.63) is 17.0 Å². The highest BCUT2D eigenvalue weighted by molar-refractivity contribution is 5.24. The first-order valence-corrected chi connectivity index (χ1v) is 4.23. The highest BCUT2D eigenvalue weighted by Gasteiger charge is 2.07. The van der Waals surface area contributed by atoms with E-state index >= 15 is 0 Å². The zero-order chi connectivity index (χ0) is 9.84. The quantitative estimate of drug-likeness (QED) is 0.546. The lowest BCUT2D eigenvalue weighted by atomic mass is 10.2. The summed E-state index contributed by atoms with van der Waals surface area (Å²) >= 11 is 0. The molecule has 0 saturated carbocycles. The van der Waals surface area contributed by atoms with Gasteiger partial charge in [-0.3, -0.25) is 4.68 Å². The second-order valence-corrected chi connectivity index (χ2v) is 3.03. The van der Waals surface area contributed by atoms with Crippen molar-refractivity contribution in [2.45, 2.75) is 20.4 Å². The summed E-state index contributed by atoms with van der Waals surface area (Å²) in [5.41, 5.74) is 3.38. The predicted molar refractivity (Wildman–Crippen MR) is 50.0 cm³/mol. The fourth-order valence-corrected chi connectivity index (χ4v) is 1.32. The first kappa shape index (κ1) is 9.75. The zero-order valence-electron chi connectivity index (χ0n) is 8.26. The Balaban J connectivity index is 2.71. The number of hydrogen-bond acceptors (Lipinski definition) is 3. The predicted octanol–water partition coefficient (Wildman–Crippen LogP) is 0.650. The molecule has 13 heavy (non-hydrogen) atoms. The van der Waals surface area contributed by atoms with Crippen LogP contribution in [0.4, 0.5) is 0 Å². The molecule has 1 aromatic rings. The van der Waals surface area contributed by atoms with E-state index in [9.17, 15) is 0 Å². The standard InChI is InChI=1S/C9H14N4/c1-7-9(6-11-5-4-10)8(2)13(3)12-7/h11H,5-6H2,1-3H3. The molecule has 1 heterocycles. The Morgan fingerprint density at radius 2 is 2.23 bits per heavy atom. The van der Waals surface area contributed by atoms with Crippen molar-refractivity contribution in [3.8, 4) is 6.07 Å². The van der Waals surface area contributed by atoms with E-state index < -0.39 is 0 Å². The molecule has 4 heteroatoms. The molecule has 70 valence electrons. The molecule has 4 nitrogen and oxygen atoms in total. The second kappa shape index (κ2) is 4.06. The Hall–Kier alpha value is -1.34. The van der Waals surface area contributed by atoms with Gasteiger partial charge in [-0.05, 0) is 13.8 Å². The molecule has 0 aliphatic heterocycles. The van der Waals surface area contributed by atoms with Crippen molar-refractivity contribution in [1.29, 1.82) is 5.26 Å². The van der Waals surface area contributed by atoms with Crippen LogP contribution in [0.1, 0.15) is 17.0 Å². The number of nitriles is 1. The van der Waals surface area contributed by atoms with Gasteiger partial charge in [0.05, 0.1) is 18.3 Å². The van der Waals surface area contributed by atoms with Gasteiger partial charge in [0.2, 0.25) is 0 Å². The zero-order valence-corrected chi connectivity index (χ0v) is 8.26. The molecule has 0 saturated heterocycles. The number of nitrogens with zero attached hydrogens (tertiary/aromatic N) is 3. The number of aryl methyl sites for hydroxylation is 2. The Labute approximate surface area is 78.2 Å². The number of hydrogen-bond donors (Lipinski definition) is 1. The third-order valence-electron chi connectivity index (χ3n) is 2.16. The van der Waals surface area contributed by atoms with Crippen LogP contribution in [0.2, 0.25) is 0 Å². The Morgan fingerprint density at radius 3 is 2.69 bits per heavy atom. The largest absolute Gasteiger partial charge is 0.300 e. The van der Waals surface area contributed by atoms with Gasteiger partial charge in [0.1, 0.15) is 0 Å². The lowest BCUT2D eigenvalue weighted by Crippen LogP contribution is -2.14. The maximum absolute atomic E-state index is 8.35. The van der Waals surface area contributed by atoms with Gasteiger partial charge in [0.25, 0.3) is 0 Å².